The highest BCUT2D eigenvalue weighted by Gasteiger charge is 2.18. The Kier molecular flexibility index (Phi) is 6.49. The number of esters is 1. The third-order valence-corrected chi connectivity index (χ3v) is 4.52. The summed E-state index contributed by atoms with van der Waals surface area (Å²) in [7, 11) is 0. The molecule has 1 N–H and O–H groups in total. The van der Waals surface area contributed by atoms with E-state index in [4.69, 9.17) is 9.15 Å². The molecule has 1 aromatic carbocycles. The molecule has 0 aliphatic heterocycles. The van der Waals surface area contributed by atoms with Crippen molar-refractivity contribution in [1.82, 2.24) is 5.32 Å². The van der Waals surface area contributed by atoms with Crippen molar-refractivity contribution in [2.45, 2.75) is 38.3 Å². The molecule has 0 saturated heterocycles. The fourth-order valence-corrected chi connectivity index (χ4v) is 2.91. The van der Waals surface area contributed by atoms with Crippen molar-refractivity contribution in [3.05, 3.63) is 53.5 Å². The number of nitrogens with one attached hydrogen (secondary N) is 1. The topological polar surface area (TPSA) is 68.5 Å². The summed E-state index contributed by atoms with van der Waals surface area (Å²) in [6, 6.07) is 9.57. The molecule has 0 fully saturated rings. The predicted octanol–water partition coefficient (Wildman–Crippen LogP) is 3.24. The quantitative estimate of drug-likeness (QED) is 0.615. The first-order valence-electron chi connectivity index (χ1n) is 7.65. The fraction of sp³-hybridized carbons (Fsp3) is 0.333. The molecule has 0 unspecified atom stereocenters. The number of thioether (sulfide) groups is 1. The largest absolute Gasteiger partial charge is 0.467 e. The van der Waals surface area contributed by atoms with Crippen molar-refractivity contribution in [3.63, 3.8) is 0 Å². The van der Waals surface area contributed by atoms with E-state index in [0.29, 0.717) is 5.76 Å². The van der Waals surface area contributed by atoms with Crippen LogP contribution in [0.25, 0.3) is 0 Å². The molecule has 1 heterocycles. The van der Waals surface area contributed by atoms with Crippen LogP contribution in [0, 0.1) is 13.8 Å². The molecule has 0 saturated carbocycles. The summed E-state index contributed by atoms with van der Waals surface area (Å²) in [5.74, 6) is 0.0452. The molecule has 1 aromatic heterocycles. The summed E-state index contributed by atoms with van der Waals surface area (Å²) in [5, 5.41) is 2.66. The summed E-state index contributed by atoms with van der Waals surface area (Å²) in [4.78, 5) is 24.8. The molecule has 0 bridgehead atoms. The van der Waals surface area contributed by atoms with E-state index in [0.717, 1.165) is 10.5 Å². The standard InChI is InChI=1S/C18H21NO4S/c1-12-6-7-16(13(2)9-12)24-11-17(20)23-14(3)18(21)19-10-15-5-4-8-22-15/h4-9,14H,10-11H2,1-3H3,(H,19,21)/t14-/m0/s1. The van der Waals surface area contributed by atoms with Gasteiger partial charge in [0, 0.05) is 4.90 Å². The second kappa shape index (κ2) is 8.59. The minimum absolute atomic E-state index is 0.166. The van der Waals surface area contributed by atoms with Crippen LogP contribution in [0.5, 0.6) is 0 Å². The van der Waals surface area contributed by atoms with Crippen LogP contribution in [0.1, 0.15) is 23.8 Å². The van der Waals surface area contributed by atoms with Gasteiger partial charge in [-0.15, -0.1) is 11.8 Å². The molecule has 1 amide bonds. The Morgan fingerprint density at radius 2 is 2.08 bits per heavy atom. The lowest BCUT2D eigenvalue weighted by molar-refractivity contribution is -0.152. The molecule has 6 heteroatoms. The number of aryl methyl sites for hydroxylation is 2. The van der Waals surface area contributed by atoms with Crippen LogP contribution in [0.4, 0.5) is 0 Å². The van der Waals surface area contributed by atoms with Crippen LogP contribution in [0.2, 0.25) is 0 Å². The van der Waals surface area contributed by atoms with E-state index in [1.165, 1.54) is 23.6 Å². The number of rotatable bonds is 7. The van der Waals surface area contributed by atoms with Crippen LogP contribution < -0.4 is 5.32 Å². The van der Waals surface area contributed by atoms with Gasteiger partial charge in [0.2, 0.25) is 0 Å². The predicted molar refractivity (Wildman–Crippen MR) is 92.7 cm³/mol. The lowest BCUT2D eigenvalue weighted by Crippen LogP contribution is -2.35. The highest BCUT2D eigenvalue weighted by atomic mass is 32.2. The van der Waals surface area contributed by atoms with Crippen LogP contribution in [0.3, 0.4) is 0 Å². The molecule has 0 aliphatic rings. The van der Waals surface area contributed by atoms with Crippen LogP contribution in [0.15, 0.2) is 45.9 Å². The third-order valence-electron chi connectivity index (χ3n) is 3.37. The number of hydrogen-bond acceptors (Lipinski definition) is 5. The molecule has 5 nitrogen and oxygen atoms in total. The maximum absolute atomic E-state index is 11.9. The van der Waals surface area contributed by atoms with E-state index in [1.807, 2.05) is 26.0 Å². The van der Waals surface area contributed by atoms with Crippen molar-refractivity contribution < 1.29 is 18.7 Å². The maximum atomic E-state index is 11.9. The van der Waals surface area contributed by atoms with Gasteiger partial charge in [0.1, 0.15) is 5.76 Å². The van der Waals surface area contributed by atoms with Gasteiger partial charge in [0.05, 0.1) is 18.6 Å². The van der Waals surface area contributed by atoms with E-state index in [-0.39, 0.29) is 18.2 Å². The van der Waals surface area contributed by atoms with Gasteiger partial charge in [-0.05, 0) is 44.5 Å². The van der Waals surface area contributed by atoms with Gasteiger partial charge in [-0.2, -0.15) is 0 Å². The fourth-order valence-electron chi connectivity index (χ4n) is 2.11. The molecule has 24 heavy (non-hydrogen) atoms. The first-order chi connectivity index (χ1) is 11.5. The first-order valence-corrected chi connectivity index (χ1v) is 8.64. The van der Waals surface area contributed by atoms with Gasteiger partial charge in [-0.3, -0.25) is 9.59 Å². The summed E-state index contributed by atoms with van der Waals surface area (Å²) in [6.07, 6.45) is 0.696. The van der Waals surface area contributed by atoms with Crippen LogP contribution in [-0.2, 0) is 20.9 Å². The molecule has 1 atom stereocenters. The average Bonchev–Trinajstić information content (AvgIpc) is 3.05. The molecule has 2 aromatic rings. The second-order valence-corrected chi connectivity index (χ2v) is 6.50. The van der Waals surface area contributed by atoms with Gasteiger partial charge in [0.25, 0.3) is 5.91 Å². The smallest absolute Gasteiger partial charge is 0.317 e. The van der Waals surface area contributed by atoms with E-state index in [1.54, 1.807) is 19.1 Å². The van der Waals surface area contributed by atoms with Crippen LogP contribution in [-0.4, -0.2) is 23.7 Å². The SMILES string of the molecule is Cc1ccc(SCC(=O)O[C@@H](C)C(=O)NCc2ccco2)c(C)c1. The van der Waals surface area contributed by atoms with E-state index >= 15 is 0 Å². The van der Waals surface area contributed by atoms with Gasteiger partial charge < -0.3 is 14.5 Å². The Morgan fingerprint density at radius 1 is 1.29 bits per heavy atom. The number of carbonyl (C=O) groups excluding carboxylic acids is 2. The highest BCUT2D eigenvalue weighted by Crippen LogP contribution is 2.23. The Hall–Kier alpha value is -2.21. The van der Waals surface area contributed by atoms with Gasteiger partial charge in [0.15, 0.2) is 6.10 Å². The van der Waals surface area contributed by atoms with Crippen molar-refractivity contribution in [2.24, 2.45) is 0 Å². The molecular weight excluding hydrogens is 326 g/mol. The Balaban J connectivity index is 1.75. The Labute approximate surface area is 145 Å². The zero-order chi connectivity index (χ0) is 17.5. The van der Waals surface area contributed by atoms with Crippen molar-refractivity contribution in [1.29, 1.82) is 0 Å². The van der Waals surface area contributed by atoms with Crippen molar-refractivity contribution in [2.75, 3.05) is 5.75 Å². The molecule has 0 radical (unpaired) electrons. The number of ether oxygens (including phenoxy) is 1. The van der Waals surface area contributed by atoms with Gasteiger partial charge >= 0.3 is 5.97 Å². The lowest BCUT2D eigenvalue weighted by atomic mass is 10.2. The van der Waals surface area contributed by atoms with E-state index in [2.05, 4.69) is 11.4 Å². The van der Waals surface area contributed by atoms with Crippen molar-refractivity contribution in [3.8, 4) is 0 Å². The number of benzene rings is 1. The molecule has 0 aliphatic carbocycles. The molecule has 128 valence electrons. The van der Waals surface area contributed by atoms with Crippen molar-refractivity contribution >= 4 is 23.6 Å². The number of hydrogen-bond donors (Lipinski definition) is 1. The number of furan rings is 1. The molecule has 0 spiro atoms. The van der Waals surface area contributed by atoms with Gasteiger partial charge in [-0.1, -0.05) is 17.7 Å². The zero-order valence-electron chi connectivity index (χ0n) is 14.0. The van der Waals surface area contributed by atoms with E-state index < -0.39 is 12.1 Å². The molecular formula is C18H21NO4S. The third kappa shape index (κ3) is 5.45. The summed E-state index contributed by atoms with van der Waals surface area (Å²) >= 11 is 1.41. The zero-order valence-corrected chi connectivity index (χ0v) is 14.8. The van der Waals surface area contributed by atoms with Crippen LogP contribution >= 0.6 is 11.8 Å². The second-order valence-electron chi connectivity index (χ2n) is 5.49. The number of carbonyl (C=O) groups is 2. The minimum atomic E-state index is -0.841. The minimum Gasteiger partial charge on any atom is -0.467 e. The summed E-state index contributed by atoms with van der Waals surface area (Å²) in [5.41, 5.74) is 2.30. The lowest BCUT2D eigenvalue weighted by Gasteiger charge is -2.13. The maximum Gasteiger partial charge on any atom is 0.317 e. The monoisotopic (exact) mass is 347 g/mol. The summed E-state index contributed by atoms with van der Waals surface area (Å²) in [6.45, 7) is 5.85. The van der Waals surface area contributed by atoms with Gasteiger partial charge in [-0.25, -0.2) is 0 Å². The van der Waals surface area contributed by atoms with E-state index in [9.17, 15) is 9.59 Å². The molecule has 2 rings (SSSR count). The average molecular weight is 347 g/mol. The Morgan fingerprint density at radius 3 is 2.75 bits per heavy atom. The highest BCUT2D eigenvalue weighted by molar-refractivity contribution is 8.00. The first kappa shape index (κ1) is 18.1. The Bertz CT molecular complexity index is 697. The summed E-state index contributed by atoms with van der Waals surface area (Å²) < 4.78 is 10.3. The number of amides is 1. The normalized spacial score (nSPS) is 11.8.